The molecule has 0 bridgehead atoms. The minimum Gasteiger partial charge on any atom is -0.491 e. The first-order chi connectivity index (χ1) is 8.19. The van der Waals surface area contributed by atoms with Crippen molar-refractivity contribution >= 4 is 11.5 Å². The lowest BCUT2D eigenvalue weighted by Gasteiger charge is -2.12. The monoisotopic (exact) mass is 232 g/mol. The van der Waals surface area contributed by atoms with Crippen LogP contribution in [0.4, 0.5) is 5.69 Å². The van der Waals surface area contributed by atoms with E-state index in [0.29, 0.717) is 5.92 Å². The third-order valence-electron chi connectivity index (χ3n) is 2.98. The van der Waals surface area contributed by atoms with Crippen LogP contribution in [0.25, 0.3) is 0 Å². The average Bonchev–Trinajstić information content (AvgIpc) is 3.13. The van der Waals surface area contributed by atoms with Crippen LogP contribution in [-0.2, 0) is 0 Å². The van der Waals surface area contributed by atoms with Crippen molar-refractivity contribution in [2.75, 3.05) is 0 Å². The summed E-state index contributed by atoms with van der Waals surface area (Å²) in [6.07, 6.45) is 3.59. The van der Waals surface area contributed by atoms with Crippen LogP contribution in [0.15, 0.2) is 29.3 Å². The molecule has 1 aromatic carbocycles. The lowest BCUT2D eigenvalue weighted by atomic mass is 10.2. The number of benzene rings is 1. The molecule has 2 rings (SSSR count). The molecule has 3 heteroatoms. The van der Waals surface area contributed by atoms with Gasteiger partial charge in [0.2, 0.25) is 0 Å². The number of hydrogen-bond acceptors (Lipinski definition) is 2. The summed E-state index contributed by atoms with van der Waals surface area (Å²) < 4.78 is 5.75. The fourth-order valence-corrected chi connectivity index (χ4v) is 1.56. The second kappa shape index (κ2) is 5.21. The summed E-state index contributed by atoms with van der Waals surface area (Å²) in [4.78, 5) is 4.43. The van der Waals surface area contributed by atoms with Gasteiger partial charge >= 0.3 is 0 Å². The number of rotatable bonds is 5. The Morgan fingerprint density at radius 2 is 2.29 bits per heavy atom. The molecule has 0 radical (unpaired) electrons. The van der Waals surface area contributed by atoms with Gasteiger partial charge in [-0.2, -0.15) is 0 Å². The van der Waals surface area contributed by atoms with Gasteiger partial charge in [-0.25, -0.2) is 4.99 Å². The topological polar surface area (TPSA) is 47.6 Å². The Labute approximate surface area is 103 Å². The summed E-state index contributed by atoms with van der Waals surface area (Å²) >= 11 is 0. The molecule has 0 heterocycles. The van der Waals surface area contributed by atoms with Crippen LogP contribution in [0.2, 0.25) is 0 Å². The molecule has 2 N–H and O–H groups in total. The number of nitrogens with zero attached hydrogens (tertiary/aromatic N) is 1. The Kier molecular flexibility index (Phi) is 3.67. The molecule has 1 aliphatic carbocycles. The summed E-state index contributed by atoms with van der Waals surface area (Å²) in [7, 11) is 0. The second-order valence-corrected chi connectivity index (χ2v) is 4.65. The van der Waals surface area contributed by atoms with E-state index in [4.69, 9.17) is 10.5 Å². The van der Waals surface area contributed by atoms with E-state index in [1.165, 1.54) is 12.8 Å². The molecule has 1 unspecified atom stereocenters. The van der Waals surface area contributed by atoms with Gasteiger partial charge in [0.25, 0.3) is 0 Å². The Bertz CT molecular complexity index is 410. The van der Waals surface area contributed by atoms with Crippen molar-refractivity contribution in [3.05, 3.63) is 24.3 Å². The van der Waals surface area contributed by atoms with E-state index in [-0.39, 0.29) is 6.10 Å². The zero-order chi connectivity index (χ0) is 12.3. The van der Waals surface area contributed by atoms with E-state index in [0.717, 1.165) is 23.7 Å². The van der Waals surface area contributed by atoms with Gasteiger partial charge in [0.05, 0.1) is 11.8 Å². The maximum atomic E-state index is 5.90. The van der Waals surface area contributed by atoms with Gasteiger partial charge in [-0.15, -0.1) is 0 Å². The van der Waals surface area contributed by atoms with Crippen molar-refractivity contribution < 1.29 is 4.74 Å². The SMILES string of the molecule is CCC(C)Oc1cccc(N=C(N)C2CC2)c1. The van der Waals surface area contributed by atoms with Crippen LogP contribution in [-0.4, -0.2) is 11.9 Å². The molecule has 0 aliphatic heterocycles. The molecule has 3 nitrogen and oxygen atoms in total. The fraction of sp³-hybridized carbons (Fsp3) is 0.500. The smallest absolute Gasteiger partial charge is 0.121 e. The zero-order valence-electron chi connectivity index (χ0n) is 10.5. The standard InChI is InChI=1S/C14H20N2O/c1-3-10(2)17-13-6-4-5-12(9-13)16-14(15)11-7-8-11/h4-6,9-11H,3,7-8H2,1-2H3,(H2,15,16). The predicted molar refractivity (Wildman–Crippen MR) is 70.8 cm³/mol. The van der Waals surface area contributed by atoms with Gasteiger partial charge < -0.3 is 10.5 Å². The van der Waals surface area contributed by atoms with Gasteiger partial charge in [0, 0.05) is 12.0 Å². The van der Waals surface area contributed by atoms with Gasteiger partial charge in [-0.1, -0.05) is 13.0 Å². The van der Waals surface area contributed by atoms with Crippen LogP contribution in [0, 0.1) is 5.92 Å². The Morgan fingerprint density at radius 3 is 2.94 bits per heavy atom. The van der Waals surface area contributed by atoms with E-state index in [1.54, 1.807) is 0 Å². The molecule has 0 spiro atoms. The van der Waals surface area contributed by atoms with Crippen LogP contribution in [0.3, 0.4) is 0 Å². The van der Waals surface area contributed by atoms with Crippen molar-refractivity contribution in [3.8, 4) is 5.75 Å². The molecule has 1 aromatic rings. The van der Waals surface area contributed by atoms with Gasteiger partial charge in [-0.3, -0.25) is 0 Å². The van der Waals surface area contributed by atoms with E-state index in [1.807, 2.05) is 24.3 Å². The average molecular weight is 232 g/mol. The third-order valence-corrected chi connectivity index (χ3v) is 2.98. The van der Waals surface area contributed by atoms with Gasteiger partial charge in [0.15, 0.2) is 0 Å². The minimum atomic E-state index is 0.231. The summed E-state index contributed by atoms with van der Waals surface area (Å²) in [6.45, 7) is 4.17. The lowest BCUT2D eigenvalue weighted by Crippen LogP contribution is -2.13. The highest BCUT2D eigenvalue weighted by molar-refractivity contribution is 5.87. The quantitative estimate of drug-likeness (QED) is 0.625. The number of amidine groups is 1. The Hall–Kier alpha value is -1.51. The maximum absolute atomic E-state index is 5.90. The minimum absolute atomic E-state index is 0.231. The van der Waals surface area contributed by atoms with E-state index >= 15 is 0 Å². The summed E-state index contributed by atoms with van der Waals surface area (Å²) in [5.41, 5.74) is 6.78. The predicted octanol–water partition coefficient (Wildman–Crippen LogP) is 3.26. The van der Waals surface area contributed by atoms with E-state index in [2.05, 4.69) is 18.8 Å². The lowest BCUT2D eigenvalue weighted by molar-refractivity contribution is 0.217. The molecule has 1 atom stereocenters. The summed E-state index contributed by atoms with van der Waals surface area (Å²) in [6, 6.07) is 7.81. The number of hydrogen-bond donors (Lipinski definition) is 1. The zero-order valence-corrected chi connectivity index (χ0v) is 10.5. The largest absolute Gasteiger partial charge is 0.491 e. The summed E-state index contributed by atoms with van der Waals surface area (Å²) in [5, 5.41) is 0. The van der Waals surface area contributed by atoms with Crippen molar-refractivity contribution in [1.29, 1.82) is 0 Å². The summed E-state index contributed by atoms with van der Waals surface area (Å²) in [5.74, 6) is 2.13. The number of aliphatic imine (C=N–C) groups is 1. The first-order valence-electron chi connectivity index (χ1n) is 6.29. The number of ether oxygens (including phenoxy) is 1. The molecular weight excluding hydrogens is 212 g/mol. The van der Waals surface area contributed by atoms with Crippen LogP contribution in [0.1, 0.15) is 33.1 Å². The molecule has 1 saturated carbocycles. The van der Waals surface area contributed by atoms with Crippen molar-refractivity contribution in [3.63, 3.8) is 0 Å². The molecule has 0 saturated heterocycles. The molecular formula is C14H20N2O. The molecule has 1 aliphatic rings. The van der Waals surface area contributed by atoms with E-state index < -0.39 is 0 Å². The van der Waals surface area contributed by atoms with Gasteiger partial charge in [-0.05, 0) is 38.3 Å². The van der Waals surface area contributed by atoms with Crippen molar-refractivity contribution in [1.82, 2.24) is 0 Å². The van der Waals surface area contributed by atoms with Crippen molar-refractivity contribution in [2.45, 2.75) is 39.2 Å². The van der Waals surface area contributed by atoms with Crippen LogP contribution >= 0.6 is 0 Å². The highest BCUT2D eigenvalue weighted by Gasteiger charge is 2.25. The molecule has 1 fully saturated rings. The molecule has 17 heavy (non-hydrogen) atoms. The highest BCUT2D eigenvalue weighted by Crippen LogP contribution is 2.30. The van der Waals surface area contributed by atoms with Gasteiger partial charge in [0.1, 0.15) is 11.6 Å². The highest BCUT2D eigenvalue weighted by atomic mass is 16.5. The fourth-order valence-electron chi connectivity index (χ4n) is 1.56. The first kappa shape index (κ1) is 12.0. The maximum Gasteiger partial charge on any atom is 0.121 e. The Balaban J connectivity index is 2.08. The normalized spacial score (nSPS) is 17.9. The first-order valence-corrected chi connectivity index (χ1v) is 6.29. The van der Waals surface area contributed by atoms with Crippen molar-refractivity contribution in [2.24, 2.45) is 16.6 Å². The van der Waals surface area contributed by atoms with Crippen LogP contribution in [0.5, 0.6) is 5.75 Å². The Morgan fingerprint density at radius 1 is 1.53 bits per heavy atom. The molecule has 0 amide bonds. The molecule has 0 aromatic heterocycles. The number of nitrogens with two attached hydrogens (primary N) is 1. The third kappa shape index (κ3) is 3.48. The van der Waals surface area contributed by atoms with Crippen LogP contribution < -0.4 is 10.5 Å². The molecule has 92 valence electrons. The second-order valence-electron chi connectivity index (χ2n) is 4.65. The van der Waals surface area contributed by atoms with E-state index in [9.17, 15) is 0 Å².